The van der Waals surface area contributed by atoms with Gasteiger partial charge in [0.15, 0.2) is 0 Å². The summed E-state index contributed by atoms with van der Waals surface area (Å²) in [6.07, 6.45) is 0.101. The quantitative estimate of drug-likeness (QED) is 0.565. The van der Waals surface area contributed by atoms with E-state index in [-0.39, 0.29) is 34.7 Å². The monoisotopic (exact) mass is 388 g/mol. The van der Waals surface area contributed by atoms with Gasteiger partial charge in [0.1, 0.15) is 0 Å². The van der Waals surface area contributed by atoms with E-state index in [1.54, 1.807) is 27.0 Å². The smallest absolute Gasteiger partial charge is 0.334 e. The van der Waals surface area contributed by atoms with Crippen LogP contribution in [0.25, 0.3) is 0 Å². The van der Waals surface area contributed by atoms with Crippen molar-refractivity contribution < 1.29 is 24.7 Å². The number of hydrogen-bond donors (Lipinski definition) is 2. The number of para-hydroxylation sites is 1. The van der Waals surface area contributed by atoms with E-state index < -0.39 is 22.3 Å². The molecule has 0 radical (unpaired) electrons. The highest BCUT2D eigenvalue weighted by Gasteiger charge is 2.54. The molecule has 2 N–H and O–H groups in total. The van der Waals surface area contributed by atoms with Crippen molar-refractivity contribution in [3.05, 3.63) is 62.5 Å². The lowest BCUT2D eigenvalue weighted by atomic mass is 9.61. The molecule has 0 amide bonds. The molecule has 0 aromatic heterocycles. The molecule has 1 aromatic carbocycles. The second-order valence-electron chi connectivity index (χ2n) is 7.37. The van der Waals surface area contributed by atoms with Crippen LogP contribution in [0.2, 0.25) is 0 Å². The highest BCUT2D eigenvalue weighted by Crippen LogP contribution is 2.52. The highest BCUT2D eigenvalue weighted by atomic mass is 16.6. The average molecular weight is 388 g/mol. The van der Waals surface area contributed by atoms with E-state index in [0.29, 0.717) is 11.4 Å². The summed E-state index contributed by atoms with van der Waals surface area (Å²) in [7, 11) is 1.59. The van der Waals surface area contributed by atoms with Crippen LogP contribution >= 0.6 is 0 Å². The van der Waals surface area contributed by atoms with Gasteiger partial charge in [-0.25, -0.2) is 9.59 Å². The summed E-state index contributed by atoms with van der Waals surface area (Å²) >= 11 is 0. The molecule has 28 heavy (non-hydrogen) atoms. The van der Waals surface area contributed by atoms with Crippen molar-refractivity contribution in [3.8, 4) is 0 Å². The molecule has 0 atom stereocenters. The average Bonchev–Trinajstić information content (AvgIpc) is 2.58. The number of nitro groups is 1. The van der Waals surface area contributed by atoms with E-state index in [1.165, 1.54) is 23.1 Å². The van der Waals surface area contributed by atoms with E-state index >= 15 is 0 Å². The summed E-state index contributed by atoms with van der Waals surface area (Å²) < 4.78 is 0. The third-order valence-electron chi connectivity index (χ3n) is 5.29. The number of carboxylic acid groups (broad SMARTS) is 2. The lowest BCUT2D eigenvalue weighted by Gasteiger charge is -2.44. The third kappa shape index (κ3) is 3.15. The lowest BCUT2D eigenvalue weighted by molar-refractivity contribution is -0.385. The van der Waals surface area contributed by atoms with E-state index in [9.17, 15) is 29.9 Å². The number of allylic oxidation sites excluding steroid dienone is 2. The Hall–Kier alpha value is -3.16. The molecule has 0 aliphatic carbocycles. The number of carbonyl (C=O) groups is 2. The summed E-state index contributed by atoms with van der Waals surface area (Å²) in [5.41, 5.74) is -1.47. The fourth-order valence-corrected chi connectivity index (χ4v) is 4.19. The fraction of sp³-hybridized carbons (Fsp3) is 0.400. The lowest BCUT2D eigenvalue weighted by Crippen LogP contribution is -2.46. The number of aliphatic carboxylic acids is 2. The fourth-order valence-electron chi connectivity index (χ4n) is 4.19. The first-order valence-corrected chi connectivity index (χ1v) is 8.83. The number of rotatable bonds is 6. The minimum absolute atomic E-state index is 0.0790. The van der Waals surface area contributed by atoms with Gasteiger partial charge in [0.2, 0.25) is 0 Å². The van der Waals surface area contributed by atoms with Gasteiger partial charge in [0.25, 0.3) is 5.69 Å². The maximum absolute atomic E-state index is 12.4. The molecule has 0 unspecified atom stereocenters. The molecule has 0 saturated carbocycles. The predicted octanol–water partition coefficient (Wildman–Crippen LogP) is 3.54. The summed E-state index contributed by atoms with van der Waals surface area (Å²) in [4.78, 5) is 37.4. The number of benzene rings is 1. The van der Waals surface area contributed by atoms with E-state index in [2.05, 4.69) is 0 Å². The Morgan fingerprint density at radius 2 is 1.57 bits per heavy atom. The second kappa shape index (κ2) is 7.46. The van der Waals surface area contributed by atoms with Crippen molar-refractivity contribution in [2.75, 3.05) is 7.05 Å². The Kier molecular flexibility index (Phi) is 5.63. The molecule has 8 nitrogen and oxygen atoms in total. The molecule has 150 valence electrons. The topological polar surface area (TPSA) is 121 Å². The number of carboxylic acids is 2. The SMILES string of the molecule is CC1=C(C(=O)O)C(CC(C)C)(c2ccccc2[N+](=O)[O-])C(C(=O)O)=C(C)N1C. The molecule has 0 fully saturated rings. The largest absolute Gasteiger partial charge is 0.478 e. The normalized spacial score (nSPS) is 16.6. The van der Waals surface area contributed by atoms with Crippen LogP contribution in [0.5, 0.6) is 0 Å². The van der Waals surface area contributed by atoms with E-state index in [0.717, 1.165) is 0 Å². The molecule has 0 saturated heterocycles. The Bertz CT molecular complexity index is 875. The first kappa shape index (κ1) is 21.1. The number of nitrogens with zero attached hydrogens (tertiary/aromatic N) is 2. The Balaban J connectivity index is 3.13. The minimum atomic E-state index is -1.66. The molecule has 8 heteroatoms. The van der Waals surface area contributed by atoms with Crippen LogP contribution in [0.3, 0.4) is 0 Å². The Morgan fingerprint density at radius 3 is 1.96 bits per heavy atom. The molecular formula is C20H24N2O6. The van der Waals surface area contributed by atoms with Gasteiger partial charge in [-0.2, -0.15) is 0 Å². The van der Waals surface area contributed by atoms with Gasteiger partial charge in [-0.15, -0.1) is 0 Å². The maximum atomic E-state index is 12.4. The molecule has 1 aliphatic rings. The molecule has 1 heterocycles. The molecular weight excluding hydrogens is 364 g/mol. The second-order valence-corrected chi connectivity index (χ2v) is 7.37. The molecule has 2 rings (SSSR count). The van der Waals surface area contributed by atoms with E-state index in [4.69, 9.17) is 0 Å². The minimum Gasteiger partial charge on any atom is -0.478 e. The number of nitro benzene ring substituents is 1. The standard InChI is InChI=1S/C20H24N2O6/c1-11(2)10-20(14-8-6-7-9-15(14)22(27)28)16(18(23)24)12(3)21(5)13(4)17(20)19(25)26/h6-9,11H,10H2,1-5H3,(H,23,24)(H,25,26). The zero-order valence-electron chi connectivity index (χ0n) is 16.5. The van der Waals surface area contributed by atoms with Crippen LogP contribution < -0.4 is 0 Å². The maximum Gasteiger partial charge on any atom is 0.334 e. The van der Waals surface area contributed by atoms with Gasteiger partial charge in [-0.3, -0.25) is 10.1 Å². The van der Waals surface area contributed by atoms with Gasteiger partial charge < -0.3 is 15.1 Å². The zero-order chi connectivity index (χ0) is 21.4. The first-order valence-electron chi connectivity index (χ1n) is 8.83. The van der Waals surface area contributed by atoms with Crippen molar-refractivity contribution >= 4 is 17.6 Å². The Morgan fingerprint density at radius 1 is 1.11 bits per heavy atom. The zero-order valence-corrected chi connectivity index (χ0v) is 16.5. The van der Waals surface area contributed by atoms with Crippen LogP contribution in [0.1, 0.15) is 39.7 Å². The summed E-state index contributed by atoms with van der Waals surface area (Å²) in [5, 5.41) is 31.9. The predicted molar refractivity (Wildman–Crippen MR) is 103 cm³/mol. The van der Waals surface area contributed by atoms with Gasteiger partial charge in [0.05, 0.1) is 21.5 Å². The van der Waals surface area contributed by atoms with Crippen molar-refractivity contribution in [2.45, 2.75) is 39.5 Å². The highest BCUT2D eigenvalue weighted by molar-refractivity contribution is 6.01. The molecule has 0 bridgehead atoms. The van der Waals surface area contributed by atoms with Gasteiger partial charge in [0, 0.05) is 30.1 Å². The van der Waals surface area contributed by atoms with Gasteiger partial charge in [-0.1, -0.05) is 32.0 Å². The summed E-state index contributed by atoms with van der Waals surface area (Å²) in [6, 6.07) is 5.78. The van der Waals surface area contributed by atoms with Crippen LogP contribution in [-0.2, 0) is 15.0 Å². The van der Waals surface area contributed by atoms with Gasteiger partial charge >= 0.3 is 11.9 Å². The van der Waals surface area contributed by atoms with Crippen molar-refractivity contribution in [1.29, 1.82) is 0 Å². The Labute approximate surface area is 162 Å². The molecule has 0 spiro atoms. The van der Waals surface area contributed by atoms with Crippen molar-refractivity contribution in [3.63, 3.8) is 0 Å². The summed E-state index contributed by atoms with van der Waals surface area (Å²) in [5.74, 6) is -2.73. The molecule has 1 aromatic rings. The van der Waals surface area contributed by atoms with E-state index in [1.807, 2.05) is 13.8 Å². The number of hydrogen-bond acceptors (Lipinski definition) is 5. The van der Waals surface area contributed by atoms with Crippen LogP contribution in [0, 0.1) is 16.0 Å². The van der Waals surface area contributed by atoms with Crippen molar-refractivity contribution in [2.24, 2.45) is 5.92 Å². The van der Waals surface area contributed by atoms with Crippen LogP contribution in [-0.4, -0.2) is 39.0 Å². The first-order chi connectivity index (χ1) is 13.0. The third-order valence-corrected chi connectivity index (χ3v) is 5.29. The molecule has 1 aliphatic heterocycles. The van der Waals surface area contributed by atoms with Crippen LogP contribution in [0.4, 0.5) is 5.69 Å². The van der Waals surface area contributed by atoms with Crippen molar-refractivity contribution in [1.82, 2.24) is 4.90 Å². The summed E-state index contributed by atoms with van der Waals surface area (Å²) in [6.45, 7) is 6.85. The van der Waals surface area contributed by atoms with Gasteiger partial charge in [-0.05, 0) is 26.2 Å². The van der Waals surface area contributed by atoms with Crippen LogP contribution in [0.15, 0.2) is 46.8 Å².